The maximum atomic E-state index is 11.6. The van der Waals surface area contributed by atoms with E-state index in [4.69, 9.17) is 4.74 Å². The summed E-state index contributed by atoms with van der Waals surface area (Å²) in [7, 11) is 0. The molecular weight excluding hydrogens is 244 g/mol. The molecule has 19 heavy (non-hydrogen) atoms. The molecular formula is C15H20O4. The first-order valence-corrected chi connectivity index (χ1v) is 6.79. The number of aliphatic hydroxyl groups is 2. The fraction of sp³-hybridized carbons (Fsp3) is 0.667. The molecule has 2 fully saturated rings. The molecule has 1 saturated heterocycles. The SMILES string of the molecule is C=C1C(=O)OC2CC3(C)C(=CC12)C(C)(O)CCC3O. The molecule has 4 nitrogen and oxygen atoms in total. The van der Waals surface area contributed by atoms with E-state index in [1.165, 1.54) is 0 Å². The van der Waals surface area contributed by atoms with Crippen LogP contribution in [0.3, 0.4) is 0 Å². The summed E-state index contributed by atoms with van der Waals surface area (Å²) >= 11 is 0. The highest BCUT2D eigenvalue weighted by Crippen LogP contribution is 2.54. The number of fused-ring (bicyclic) bond motifs is 2. The van der Waals surface area contributed by atoms with E-state index in [9.17, 15) is 15.0 Å². The van der Waals surface area contributed by atoms with Gasteiger partial charge in [0.25, 0.3) is 0 Å². The van der Waals surface area contributed by atoms with Crippen LogP contribution in [0.2, 0.25) is 0 Å². The lowest BCUT2D eigenvalue weighted by Crippen LogP contribution is -2.52. The Hall–Kier alpha value is -1.13. The van der Waals surface area contributed by atoms with Crippen molar-refractivity contribution >= 4 is 5.97 Å². The first-order chi connectivity index (χ1) is 8.75. The van der Waals surface area contributed by atoms with Gasteiger partial charge in [-0.15, -0.1) is 0 Å². The van der Waals surface area contributed by atoms with Crippen LogP contribution in [0.4, 0.5) is 0 Å². The molecule has 2 aliphatic carbocycles. The lowest BCUT2D eigenvalue weighted by molar-refractivity contribution is -0.142. The molecule has 0 aromatic heterocycles. The molecule has 104 valence electrons. The topological polar surface area (TPSA) is 66.8 Å². The van der Waals surface area contributed by atoms with Crippen molar-refractivity contribution in [2.45, 2.75) is 50.9 Å². The molecule has 1 aliphatic heterocycles. The molecule has 3 aliphatic rings. The van der Waals surface area contributed by atoms with Crippen molar-refractivity contribution < 1.29 is 19.7 Å². The smallest absolute Gasteiger partial charge is 0.334 e. The van der Waals surface area contributed by atoms with Crippen molar-refractivity contribution in [1.29, 1.82) is 0 Å². The Morgan fingerprint density at radius 2 is 2.16 bits per heavy atom. The molecule has 0 radical (unpaired) electrons. The largest absolute Gasteiger partial charge is 0.458 e. The van der Waals surface area contributed by atoms with Crippen LogP contribution in [-0.2, 0) is 9.53 Å². The van der Waals surface area contributed by atoms with Gasteiger partial charge in [-0.05, 0) is 31.8 Å². The molecule has 0 amide bonds. The van der Waals surface area contributed by atoms with E-state index in [2.05, 4.69) is 6.58 Å². The Bertz CT molecular complexity index is 490. The minimum atomic E-state index is -0.926. The first-order valence-electron chi connectivity index (χ1n) is 6.79. The minimum Gasteiger partial charge on any atom is -0.458 e. The van der Waals surface area contributed by atoms with E-state index in [0.29, 0.717) is 24.8 Å². The summed E-state index contributed by atoms with van der Waals surface area (Å²) in [5, 5.41) is 20.9. The second kappa shape index (κ2) is 3.70. The number of esters is 1. The van der Waals surface area contributed by atoms with Crippen molar-refractivity contribution in [2.75, 3.05) is 0 Å². The Morgan fingerprint density at radius 3 is 2.84 bits per heavy atom. The predicted molar refractivity (Wildman–Crippen MR) is 69.2 cm³/mol. The van der Waals surface area contributed by atoms with Gasteiger partial charge in [0.15, 0.2) is 0 Å². The van der Waals surface area contributed by atoms with Crippen LogP contribution in [0, 0.1) is 11.3 Å². The molecule has 0 aromatic carbocycles. The molecule has 5 unspecified atom stereocenters. The monoisotopic (exact) mass is 264 g/mol. The van der Waals surface area contributed by atoms with Gasteiger partial charge in [-0.2, -0.15) is 0 Å². The van der Waals surface area contributed by atoms with Gasteiger partial charge in [-0.3, -0.25) is 0 Å². The summed E-state index contributed by atoms with van der Waals surface area (Å²) in [6, 6.07) is 0. The highest BCUT2D eigenvalue weighted by Gasteiger charge is 2.55. The summed E-state index contributed by atoms with van der Waals surface area (Å²) in [6.45, 7) is 7.51. The molecule has 2 N–H and O–H groups in total. The normalized spacial score (nSPS) is 49.3. The number of aliphatic hydroxyl groups excluding tert-OH is 1. The van der Waals surface area contributed by atoms with Crippen LogP contribution in [0.25, 0.3) is 0 Å². The number of ether oxygens (including phenoxy) is 1. The van der Waals surface area contributed by atoms with Gasteiger partial charge in [0.2, 0.25) is 0 Å². The van der Waals surface area contributed by atoms with Crippen LogP contribution in [0.1, 0.15) is 33.1 Å². The third-order valence-corrected chi connectivity index (χ3v) is 5.13. The molecule has 5 atom stereocenters. The summed E-state index contributed by atoms with van der Waals surface area (Å²) in [6.07, 6.45) is 2.79. The van der Waals surface area contributed by atoms with E-state index >= 15 is 0 Å². The van der Waals surface area contributed by atoms with Crippen molar-refractivity contribution in [3.63, 3.8) is 0 Å². The van der Waals surface area contributed by atoms with E-state index in [1.54, 1.807) is 6.92 Å². The Labute approximate surface area is 112 Å². The highest BCUT2D eigenvalue weighted by atomic mass is 16.6. The first kappa shape index (κ1) is 12.9. The van der Waals surface area contributed by atoms with E-state index < -0.39 is 17.1 Å². The van der Waals surface area contributed by atoms with E-state index in [1.807, 2.05) is 13.0 Å². The Kier molecular flexibility index (Phi) is 2.51. The van der Waals surface area contributed by atoms with E-state index in [-0.39, 0.29) is 18.0 Å². The Balaban J connectivity index is 2.09. The highest BCUT2D eigenvalue weighted by molar-refractivity contribution is 5.91. The van der Waals surface area contributed by atoms with Gasteiger partial charge in [-0.25, -0.2) is 4.79 Å². The molecule has 0 spiro atoms. The van der Waals surface area contributed by atoms with Gasteiger partial charge < -0.3 is 14.9 Å². The summed E-state index contributed by atoms with van der Waals surface area (Å²) in [5.41, 5.74) is -0.159. The summed E-state index contributed by atoms with van der Waals surface area (Å²) < 4.78 is 5.33. The molecule has 1 heterocycles. The van der Waals surface area contributed by atoms with Crippen LogP contribution in [0.5, 0.6) is 0 Å². The lowest BCUT2D eigenvalue weighted by atomic mass is 9.57. The minimum absolute atomic E-state index is 0.160. The fourth-order valence-electron chi connectivity index (χ4n) is 3.90. The van der Waals surface area contributed by atoms with Gasteiger partial charge in [0.05, 0.1) is 11.7 Å². The van der Waals surface area contributed by atoms with Crippen LogP contribution < -0.4 is 0 Å². The second-order valence-corrected chi connectivity index (χ2v) is 6.53. The van der Waals surface area contributed by atoms with Crippen molar-refractivity contribution in [2.24, 2.45) is 11.3 Å². The molecule has 1 saturated carbocycles. The number of carbonyl (C=O) groups excluding carboxylic acids is 1. The van der Waals surface area contributed by atoms with Crippen molar-refractivity contribution in [3.8, 4) is 0 Å². The number of rotatable bonds is 0. The molecule has 3 rings (SSSR count). The second-order valence-electron chi connectivity index (χ2n) is 6.53. The van der Waals surface area contributed by atoms with Crippen LogP contribution in [0.15, 0.2) is 23.8 Å². The molecule has 0 bridgehead atoms. The maximum Gasteiger partial charge on any atom is 0.334 e. The quantitative estimate of drug-likeness (QED) is 0.393. The van der Waals surface area contributed by atoms with Gasteiger partial charge >= 0.3 is 5.97 Å². The average molecular weight is 264 g/mol. The zero-order chi connectivity index (χ0) is 14.0. The fourth-order valence-corrected chi connectivity index (χ4v) is 3.90. The van der Waals surface area contributed by atoms with Crippen molar-refractivity contribution in [1.82, 2.24) is 0 Å². The van der Waals surface area contributed by atoms with Crippen LogP contribution >= 0.6 is 0 Å². The third kappa shape index (κ3) is 1.63. The van der Waals surface area contributed by atoms with E-state index in [0.717, 1.165) is 5.57 Å². The zero-order valence-electron chi connectivity index (χ0n) is 11.3. The zero-order valence-corrected chi connectivity index (χ0v) is 11.3. The van der Waals surface area contributed by atoms with Crippen LogP contribution in [-0.4, -0.2) is 34.0 Å². The average Bonchev–Trinajstić information content (AvgIpc) is 2.59. The number of carbonyl (C=O) groups is 1. The van der Waals surface area contributed by atoms with Gasteiger partial charge in [0, 0.05) is 16.9 Å². The standard InChI is InChI=1S/C15H20O4/c1-8-9-6-11-14(2,7-10(9)19-13(8)17)12(16)4-5-15(11,3)18/h6,9-10,12,16,18H,1,4-5,7H2,2-3H3. The third-order valence-electron chi connectivity index (χ3n) is 5.13. The van der Waals surface area contributed by atoms with Gasteiger partial charge in [0.1, 0.15) is 6.10 Å². The molecule has 0 aromatic rings. The maximum absolute atomic E-state index is 11.6. The predicted octanol–water partition coefficient (Wildman–Crippen LogP) is 1.33. The number of hydrogen-bond donors (Lipinski definition) is 2. The Morgan fingerprint density at radius 1 is 1.47 bits per heavy atom. The van der Waals surface area contributed by atoms with Crippen molar-refractivity contribution in [3.05, 3.63) is 23.8 Å². The number of hydrogen-bond acceptors (Lipinski definition) is 4. The van der Waals surface area contributed by atoms with Gasteiger partial charge in [-0.1, -0.05) is 19.6 Å². The lowest BCUT2D eigenvalue weighted by Gasteiger charge is -2.51. The summed E-state index contributed by atoms with van der Waals surface area (Å²) in [4.78, 5) is 11.6. The molecule has 4 heteroatoms. The summed E-state index contributed by atoms with van der Waals surface area (Å²) in [5.74, 6) is -0.518.